The second-order valence-corrected chi connectivity index (χ2v) is 8.67. The molecule has 1 N–H and O–H groups in total. The third-order valence-corrected chi connectivity index (χ3v) is 6.04. The van der Waals surface area contributed by atoms with Crippen LogP contribution in [-0.2, 0) is 11.4 Å². The van der Waals surface area contributed by atoms with Crippen LogP contribution in [0.5, 0.6) is 17.2 Å². The largest absolute Gasteiger partial charge is 0.488 e. The fraction of sp³-hybridized carbons (Fsp3) is 0.0833. The van der Waals surface area contributed by atoms with E-state index in [0.717, 1.165) is 33.8 Å². The maximum atomic E-state index is 12.2. The van der Waals surface area contributed by atoms with Gasteiger partial charge in [0.2, 0.25) is 6.79 Å². The molecule has 2 heterocycles. The summed E-state index contributed by atoms with van der Waals surface area (Å²) in [6.07, 6.45) is 1.82. The van der Waals surface area contributed by atoms with Crippen LogP contribution in [0.25, 0.3) is 17.2 Å². The standard InChI is InChI=1S/C24H17NO4S2/c26-23-22(31-24(30)25-23)12-18-10-16(17-7-9-20-21(11-17)29-14-28-20)6-8-19(18)27-13-15-4-2-1-3-5-15/h1-12H,13-14H2,(H,25,26,30). The Kier molecular flexibility index (Phi) is 5.36. The van der Waals surface area contributed by atoms with Crippen molar-refractivity contribution in [3.05, 3.63) is 82.8 Å². The maximum Gasteiger partial charge on any atom is 0.263 e. The number of ether oxygens (including phenoxy) is 3. The number of rotatable bonds is 5. The number of hydrogen-bond donors (Lipinski definition) is 1. The van der Waals surface area contributed by atoms with Crippen molar-refractivity contribution >= 4 is 40.3 Å². The van der Waals surface area contributed by atoms with Gasteiger partial charge in [-0.3, -0.25) is 4.79 Å². The van der Waals surface area contributed by atoms with E-state index in [1.807, 2.05) is 72.8 Å². The van der Waals surface area contributed by atoms with Crippen LogP contribution >= 0.6 is 24.0 Å². The van der Waals surface area contributed by atoms with Gasteiger partial charge in [0, 0.05) is 5.56 Å². The Hall–Kier alpha value is -3.29. The number of nitrogens with one attached hydrogen (secondary N) is 1. The van der Waals surface area contributed by atoms with E-state index < -0.39 is 0 Å². The zero-order chi connectivity index (χ0) is 21.2. The number of carbonyl (C=O) groups excluding carboxylic acids is 1. The SMILES string of the molecule is O=C1NC(=S)SC1=Cc1cc(-c2ccc3c(c2)OCO3)ccc1OCc1ccccc1. The molecule has 2 aliphatic rings. The number of hydrogen-bond acceptors (Lipinski definition) is 6. The predicted octanol–water partition coefficient (Wildman–Crippen LogP) is 5.15. The molecule has 0 radical (unpaired) electrons. The molecular formula is C24H17NO4S2. The van der Waals surface area contributed by atoms with Gasteiger partial charge in [0.15, 0.2) is 11.5 Å². The second kappa shape index (κ2) is 8.45. The van der Waals surface area contributed by atoms with Crippen molar-refractivity contribution in [2.45, 2.75) is 6.61 Å². The number of thioether (sulfide) groups is 1. The lowest BCUT2D eigenvalue weighted by Crippen LogP contribution is -2.17. The molecule has 31 heavy (non-hydrogen) atoms. The second-order valence-electron chi connectivity index (χ2n) is 6.95. The average molecular weight is 448 g/mol. The van der Waals surface area contributed by atoms with E-state index in [1.54, 1.807) is 0 Å². The molecule has 2 aliphatic heterocycles. The third kappa shape index (κ3) is 4.28. The molecule has 5 rings (SSSR count). The molecule has 0 saturated carbocycles. The summed E-state index contributed by atoms with van der Waals surface area (Å²) in [4.78, 5) is 12.7. The molecule has 0 aromatic heterocycles. The van der Waals surface area contributed by atoms with Gasteiger partial charge in [-0.25, -0.2) is 0 Å². The first-order valence-electron chi connectivity index (χ1n) is 9.61. The first-order chi connectivity index (χ1) is 15.2. The minimum atomic E-state index is -0.197. The highest BCUT2D eigenvalue weighted by atomic mass is 32.2. The van der Waals surface area contributed by atoms with Crippen LogP contribution in [0.3, 0.4) is 0 Å². The molecule has 1 saturated heterocycles. The Morgan fingerprint density at radius 1 is 1.00 bits per heavy atom. The molecule has 0 atom stereocenters. The van der Waals surface area contributed by atoms with Gasteiger partial charge in [0.1, 0.15) is 16.7 Å². The minimum Gasteiger partial charge on any atom is -0.488 e. The Balaban J connectivity index is 1.50. The molecule has 154 valence electrons. The lowest BCUT2D eigenvalue weighted by Gasteiger charge is -2.12. The van der Waals surface area contributed by atoms with E-state index in [9.17, 15) is 4.79 Å². The van der Waals surface area contributed by atoms with E-state index in [2.05, 4.69) is 5.32 Å². The molecule has 0 spiro atoms. The van der Waals surface area contributed by atoms with E-state index in [0.29, 0.717) is 21.6 Å². The van der Waals surface area contributed by atoms with Gasteiger partial charge in [-0.05, 0) is 47.0 Å². The summed E-state index contributed by atoms with van der Waals surface area (Å²) in [5.41, 5.74) is 3.82. The fourth-order valence-electron chi connectivity index (χ4n) is 3.35. The summed E-state index contributed by atoms with van der Waals surface area (Å²) < 4.78 is 17.5. The topological polar surface area (TPSA) is 56.8 Å². The first kappa shape index (κ1) is 19.7. The van der Waals surface area contributed by atoms with Crippen LogP contribution < -0.4 is 19.5 Å². The van der Waals surface area contributed by atoms with Crippen molar-refractivity contribution in [2.75, 3.05) is 6.79 Å². The molecule has 1 fully saturated rings. The van der Waals surface area contributed by atoms with E-state index >= 15 is 0 Å². The maximum absolute atomic E-state index is 12.2. The minimum absolute atomic E-state index is 0.197. The van der Waals surface area contributed by atoms with Crippen LogP contribution in [0, 0.1) is 0 Å². The number of thiocarbonyl (C=S) groups is 1. The van der Waals surface area contributed by atoms with Gasteiger partial charge in [-0.15, -0.1) is 0 Å². The lowest BCUT2D eigenvalue weighted by molar-refractivity contribution is -0.115. The Morgan fingerprint density at radius 2 is 1.77 bits per heavy atom. The smallest absolute Gasteiger partial charge is 0.263 e. The van der Waals surface area contributed by atoms with Crippen molar-refractivity contribution in [1.82, 2.24) is 5.32 Å². The monoisotopic (exact) mass is 447 g/mol. The molecular weight excluding hydrogens is 430 g/mol. The Bertz CT molecular complexity index is 1210. The molecule has 0 aliphatic carbocycles. The fourth-order valence-corrected chi connectivity index (χ4v) is 4.38. The van der Waals surface area contributed by atoms with E-state index in [-0.39, 0.29) is 12.7 Å². The zero-order valence-electron chi connectivity index (χ0n) is 16.3. The van der Waals surface area contributed by atoms with Crippen molar-refractivity contribution in [1.29, 1.82) is 0 Å². The number of amides is 1. The van der Waals surface area contributed by atoms with Crippen molar-refractivity contribution in [3.63, 3.8) is 0 Å². The number of carbonyl (C=O) groups is 1. The molecule has 1 amide bonds. The molecule has 7 heteroatoms. The molecule has 5 nitrogen and oxygen atoms in total. The van der Waals surface area contributed by atoms with Crippen LogP contribution in [0.2, 0.25) is 0 Å². The van der Waals surface area contributed by atoms with Crippen LogP contribution in [0.4, 0.5) is 0 Å². The first-order valence-corrected chi connectivity index (χ1v) is 10.8. The summed E-state index contributed by atoms with van der Waals surface area (Å²) in [6, 6.07) is 21.7. The van der Waals surface area contributed by atoms with Crippen LogP contribution in [0.1, 0.15) is 11.1 Å². The lowest BCUT2D eigenvalue weighted by atomic mass is 10.0. The van der Waals surface area contributed by atoms with E-state index in [1.165, 1.54) is 11.8 Å². The summed E-state index contributed by atoms with van der Waals surface area (Å²) in [5, 5.41) is 2.65. The molecule has 3 aromatic rings. The van der Waals surface area contributed by atoms with E-state index in [4.69, 9.17) is 26.4 Å². The quantitative estimate of drug-likeness (QED) is 0.431. The van der Waals surface area contributed by atoms with Crippen molar-refractivity contribution in [3.8, 4) is 28.4 Å². The van der Waals surface area contributed by atoms with Crippen molar-refractivity contribution < 1.29 is 19.0 Å². The van der Waals surface area contributed by atoms with Gasteiger partial charge in [0.05, 0.1) is 4.91 Å². The summed E-state index contributed by atoms with van der Waals surface area (Å²) in [6.45, 7) is 0.660. The summed E-state index contributed by atoms with van der Waals surface area (Å²) in [5.74, 6) is 1.95. The molecule has 0 bridgehead atoms. The van der Waals surface area contributed by atoms with Crippen LogP contribution in [0.15, 0.2) is 71.6 Å². The Labute approximate surface area is 189 Å². The third-order valence-electron chi connectivity index (χ3n) is 4.88. The predicted molar refractivity (Wildman–Crippen MR) is 125 cm³/mol. The van der Waals surface area contributed by atoms with Gasteiger partial charge in [0.25, 0.3) is 5.91 Å². The summed E-state index contributed by atoms with van der Waals surface area (Å²) in [7, 11) is 0. The van der Waals surface area contributed by atoms with Crippen LogP contribution in [-0.4, -0.2) is 17.0 Å². The highest BCUT2D eigenvalue weighted by Gasteiger charge is 2.23. The normalized spacial score (nSPS) is 15.9. The number of fused-ring (bicyclic) bond motifs is 1. The number of benzene rings is 3. The average Bonchev–Trinajstić information content (AvgIpc) is 3.38. The Morgan fingerprint density at radius 3 is 2.58 bits per heavy atom. The van der Waals surface area contributed by atoms with Gasteiger partial charge in [-0.2, -0.15) is 0 Å². The zero-order valence-corrected chi connectivity index (χ0v) is 17.9. The highest BCUT2D eigenvalue weighted by molar-refractivity contribution is 8.26. The van der Waals surface area contributed by atoms with Gasteiger partial charge in [-0.1, -0.05) is 66.4 Å². The highest BCUT2D eigenvalue weighted by Crippen LogP contribution is 2.38. The summed E-state index contributed by atoms with van der Waals surface area (Å²) >= 11 is 6.37. The van der Waals surface area contributed by atoms with Gasteiger partial charge < -0.3 is 19.5 Å². The molecule has 0 unspecified atom stereocenters. The van der Waals surface area contributed by atoms with Gasteiger partial charge >= 0.3 is 0 Å². The van der Waals surface area contributed by atoms with Crippen molar-refractivity contribution in [2.24, 2.45) is 0 Å². The molecule has 3 aromatic carbocycles.